The first kappa shape index (κ1) is 12.3. The maximum atomic E-state index is 11.5. The molecule has 1 heterocycles. The van der Waals surface area contributed by atoms with Crippen molar-refractivity contribution >= 4 is 27.9 Å². The molecule has 1 amide bonds. The highest BCUT2D eigenvalue weighted by Crippen LogP contribution is 2.35. The Hall–Kier alpha value is -1.74. The average molecular weight is 238 g/mol. The van der Waals surface area contributed by atoms with Crippen LogP contribution in [0.15, 0.2) is 0 Å². The summed E-state index contributed by atoms with van der Waals surface area (Å²) < 4.78 is 0. The first-order valence-corrected chi connectivity index (χ1v) is 5.63. The lowest BCUT2D eigenvalue weighted by molar-refractivity contribution is 0.0968. The van der Waals surface area contributed by atoms with Gasteiger partial charge in [-0.05, 0) is 13.8 Å². The number of nitrogens with zero attached hydrogens (tertiary/aromatic N) is 1. The Labute approximate surface area is 98.3 Å². The van der Waals surface area contributed by atoms with Gasteiger partial charge in [-0.3, -0.25) is 4.79 Å². The Morgan fingerprint density at radius 2 is 2.19 bits per heavy atom. The van der Waals surface area contributed by atoms with E-state index < -0.39 is 0 Å². The summed E-state index contributed by atoms with van der Waals surface area (Å²) in [4.78, 5) is 11.9. The molecule has 6 heteroatoms. The molecule has 0 saturated heterocycles. The normalized spacial score (nSPS) is 9.94. The lowest BCUT2D eigenvalue weighted by atomic mass is 10.2. The minimum Gasteiger partial charge on any atom is -0.396 e. The summed E-state index contributed by atoms with van der Waals surface area (Å²) in [5, 5.41) is 15.2. The Balaban J connectivity index is 3.21. The topological polar surface area (TPSA) is 90.9 Å². The molecule has 86 valence electrons. The van der Waals surface area contributed by atoms with E-state index in [0.717, 1.165) is 0 Å². The van der Waals surface area contributed by atoms with Crippen LogP contribution in [0.25, 0.3) is 0 Å². The van der Waals surface area contributed by atoms with Crippen LogP contribution in [0.3, 0.4) is 0 Å². The summed E-state index contributed by atoms with van der Waals surface area (Å²) in [6.07, 6.45) is 0. The zero-order valence-electron chi connectivity index (χ0n) is 9.42. The van der Waals surface area contributed by atoms with E-state index in [4.69, 9.17) is 11.0 Å². The first-order chi connectivity index (χ1) is 7.51. The fourth-order valence-corrected chi connectivity index (χ4v) is 2.36. The number of nitrogens with two attached hydrogens (primary N) is 1. The van der Waals surface area contributed by atoms with Crippen LogP contribution in [0.4, 0.5) is 10.7 Å². The van der Waals surface area contributed by atoms with Crippen molar-refractivity contribution in [3.8, 4) is 6.07 Å². The summed E-state index contributed by atoms with van der Waals surface area (Å²) in [5.74, 6) is -0.268. The van der Waals surface area contributed by atoms with Crippen LogP contribution >= 0.6 is 11.3 Å². The van der Waals surface area contributed by atoms with Crippen molar-refractivity contribution < 1.29 is 4.79 Å². The van der Waals surface area contributed by atoms with Crippen molar-refractivity contribution in [3.63, 3.8) is 0 Å². The summed E-state index contributed by atoms with van der Waals surface area (Å²) in [5.41, 5.74) is 6.34. The van der Waals surface area contributed by atoms with Gasteiger partial charge in [0.15, 0.2) is 0 Å². The third-order valence-corrected chi connectivity index (χ3v) is 3.05. The van der Waals surface area contributed by atoms with E-state index in [9.17, 15) is 4.79 Å². The van der Waals surface area contributed by atoms with E-state index >= 15 is 0 Å². The van der Waals surface area contributed by atoms with E-state index in [1.165, 1.54) is 18.4 Å². The summed E-state index contributed by atoms with van der Waals surface area (Å²) in [6.45, 7) is 3.91. The predicted octanol–water partition coefficient (Wildman–Crippen LogP) is 1.38. The van der Waals surface area contributed by atoms with Gasteiger partial charge in [0.2, 0.25) is 0 Å². The Bertz CT molecular complexity index is 444. The number of carbonyl (C=O) groups excluding carboxylic acids is 1. The van der Waals surface area contributed by atoms with Crippen LogP contribution in [0.2, 0.25) is 0 Å². The molecule has 4 N–H and O–H groups in total. The van der Waals surface area contributed by atoms with Gasteiger partial charge in [-0.25, -0.2) is 0 Å². The third kappa shape index (κ3) is 2.25. The maximum Gasteiger partial charge on any atom is 0.263 e. The first-order valence-electron chi connectivity index (χ1n) is 4.82. The van der Waals surface area contributed by atoms with Crippen LogP contribution in [0.5, 0.6) is 0 Å². The Kier molecular flexibility index (Phi) is 3.74. The standard InChI is InChI=1S/C10H14N4OS/c1-5(2)14-10-6(4-11)7(12)8(16-10)9(15)13-3/h5,14H,12H2,1-3H3,(H,13,15). The largest absolute Gasteiger partial charge is 0.396 e. The smallest absolute Gasteiger partial charge is 0.263 e. The van der Waals surface area contributed by atoms with Crippen molar-refractivity contribution in [1.29, 1.82) is 5.26 Å². The SMILES string of the molecule is CNC(=O)c1sc(NC(C)C)c(C#N)c1N. The second-order valence-electron chi connectivity index (χ2n) is 3.54. The quantitative estimate of drug-likeness (QED) is 0.742. The van der Waals surface area contributed by atoms with Gasteiger partial charge in [-0.15, -0.1) is 11.3 Å². The number of nitriles is 1. The molecule has 1 rings (SSSR count). The number of nitrogens with one attached hydrogen (secondary N) is 2. The molecule has 0 spiro atoms. The van der Waals surface area contributed by atoms with E-state index in [0.29, 0.717) is 15.4 Å². The highest BCUT2D eigenvalue weighted by molar-refractivity contribution is 7.18. The van der Waals surface area contributed by atoms with Crippen LogP contribution < -0.4 is 16.4 Å². The molecule has 0 saturated carbocycles. The summed E-state index contributed by atoms with van der Waals surface area (Å²) in [7, 11) is 1.53. The van der Waals surface area contributed by atoms with Gasteiger partial charge in [0.05, 0.1) is 5.69 Å². The lowest BCUT2D eigenvalue weighted by Crippen LogP contribution is -2.17. The van der Waals surface area contributed by atoms with E-state index in [2.05, 4.69) is 10.6 Å². The van der Waals surface area contributed by atoms with Crippen LogP contribution in [-0.4, -0.2) is 19.0 Å². The minimum atomic E-state index is -0.268. The Morgan fingerprint density at radius 1 is 1.56 bits per heavy atom. The van der Waals surface area contributed by atoms with Crippen molar-refractivity contribution in [3.05, 3.63) is 10.4 Å². The molecule has 1 aromatic rings. The second-order valence-corrected chi connectivity index (χ2v) is 4.56. The molecule has 0 unspecified atom stereocenters. The van der Waals surface area contributed by atoms with Crippen molar-refractivity contribution in [2.75, 3.05) is 18.1 Å². The number of amides is 1. The van der Waals surface area contributed by atoms with E-state index in [-0.39, 0.29) is 17.6 Å². The summed E-state index contributed by atoms with van der Waals surface area (Å²) >= 11 is 1.20. The van der Waals surface area contributed by atoms with Gasteiger partial charge < -0.3 is 16.4 Å². The molecule has 0 radical (unpaired) electrons. The molecule has 16 heavy (non-hydrogen) atoms. The van der Waals surface area contributed by atoms with Gasteiger partial charge in [-0.1, -0.05) is 0 Å². The molecule has 0 aromatic carbocycles. The fraction of sp³-hybridized carbons (Fsp3) is 0.400. The van der Waals surface area contributed by atoms with Crippen LogP contribution in [0.1, 0.15) is 29.1 Å². The zero-order chi connectivity index (χ0) is 12.3. The molecule has 0 fully saturated rings. The number of rotatable bonds is 3. The van der Waals surface area contributed by atoms with Gasteiger partial charge in [0.1, 0.15) is 21.5 Å². The van der Waals surface area contributed by atoms with Crippen LogP contribution in [-0.2, 0) is 0 Å². The lowest BCUT2D eigenvalue weighted by Gasteiger charge is -2.06. The molecule has 0 bridgehead atoms. The van der Waals surface area contributed by atoms with E-state index in [1.807, 2.05) is 19.9 Å². The maximum absolute atomic E-state index is 11.5. The molecule has 0 atom stereocenters. The number of anilines is 2. The van der Waals surface area contributed by atoms with Gasteiger partial charge in [0.25, 0.3) is 5.91 Å². The van der Waals surface area contributed by atoms with Gasteiger partial charge in [-0.2, -0.15) is 5.26 Å². The number of hydrogen-bond acceptors (Lipinski definition) is 5. The number of nitrogen functional groups attached to an aromatic ring is 1. The highest BCUT2D eigenvalue weighted by Gasteiger charge is 2.20. The highest BCUT2D eigenvalue weighted by atomic mass is 32.1. The minimum absolute atomic E-state index is 0.183. The second kappa shape index (κ2) is 4.86. The van der Waals surface area contributed by atoms with Crippen LogP contribution in [0, 0.1) is 11.3 Å². The van der Waals surface area contributed by atoms with Crippen molar-refractivity contribution in [1.82, 2.24) is 5.32 Å². The predicted molar refractivity (Wildman–Crippen MR) is 65.6 cm³/mol. The number of thiophene rings is 1. The third-order valence-electron chi connectivity index (χ3n) is 1.91. The monoisotopic (exact) mass is 238 g/mol. The summed E-state index contributed by atoms with van der Waals surface area (Å²) in [6, 6.07) is 2.19. The van der Waals surface area contributed by atoms with Crippen molar-refractivity contribution in [2.45, 2.75) is 19.9 Å². The molecular formula is C10H14N4OS. The van der Waals surface area contributed by atoms with Crippen molar-refractivity contribution in [2.24, 2.45) is 0 Å². The fourth-order valence-electron chi connectivity index (χ4n) is 1.20. The Morgan fingerprint density at radius 3 is 2.62 bits per heavy atom. The number of carbonyl (C=O) groups is 1. The van der Waals surface area contributed by atoms with Gasteiger partial charge in [0, 0.05) is 13.1 Å². The number of hydrogen-bond donors (Lipinski definition) is 3. The van der Waals surface area contributed by atoms with Gasteiger partial charge >= 0.3 is 0 Å². The molecule has 5 nitrogen and oxygen atoms in total. The molecule has 0 aliphatic carbocycles. The average Bonchev–Trinajstić information content (AvgIpc) is 2.53. The molecule has 0 aliphatic heterocycles. The van der Waals surface area contributed by atoms with E-state index in [1.54, 1.807) is 0 Å². The zero-order valence-corrected chi connectivity index (χ0v) is 10.2. The molecule has 1 aromatic heterocycles. The molecule has 0 aliphatic rings. The molecular weight excluding hydrogens is 224 g/mol.